The van der Waals surface area contributed by atoms with E-state index in [1.807, 2.05) is 0 Å². The van der Waals surface area contributed by atoms with Crippen molar-refractivity contribution < 1.29 is 17.9 Å². The molecule has 2 aliphatic rings. The number of ether oxygens (including phenoxy) is 1. The molecule has 0 N–H and O–H groups in total. The smallest absolute Gasteiger partial charge is 0.324 e. The van der Waals surface area contributed by atoms with Crippen molar-refractivity contribution in [2.75, 3.05) is 20.6 Å². The van der Waals surface area contributed by atoms with Crippen LogP contribution in [0.4, 0.5) is 0 Å². The van der Waals surface area contributed by atoms with Crippen LogP contribution in [0.15, 0.2) is 0 Å². The molecule has 80 valence electrons. The van der Waals surface area contributed by atoms with E-state index in [1.54, 1.807) is 0 Å². The minimum Gasteiger partial charge on any atom is -0.460 e. The van der Waals surface area contributed by atoms with Crippen molar-refractivity contribution in [3.05, 3.63) is 0 Å². The number of carbonyl (C=O) groups is 1. The molecule has 0 aromatic rings. The highest BCUT2D eigenvalue weighted by atomic mass is 32.2. The van der Waals surface area contributed by atoms with Gasteiger partial charge in [0.15, 0.2) is 0 Å². The molecule has 2 heterocycles. The predicted octanol–water partition coefficient (Wildman–Crippen LogP) is -1.21. The van der Waals surface area contributed by atoms with E-state index in [4.69, 9.17) is 4.74 Å². The number of fused-ring (bicyclic) bond motifs is 2. The van der Waals surface area contributed by atoms with Crippen LogP contribution in [-0.2, 0) is 19.7 Å². The van der Waals surface area contributed by atoms with E-state index >= 15 is 0 Å². The van der Waals surface area contributed by atoms with E-state index < -0.39 is 22.2 Å². The Morgan fingerprint density at radius 1 is 1.50 bits per heavy atom. The van der Waals surface area contributed by atoms with Crippen molar-refractivity contribution in [3.63, 3.8) is 0 Å². The maximum atomic E-state index is 11.7. The molecule has 2 aliphatic heterocycles. The van der Waals surface area contributed by atoms with Crippen molar-refractivity contribution in [2.45, 2.75) is 18.6 Å². The monoisotopic (exact) mass is 220 g/mol. The second kappa shape index (κ2) is 2.91. The molecule has 0 aliphatic carbocycles. The Labute approximate surface area is 82.6 Å². The van der Waals surface area contributed by atoms with E-state index in [0.717, 1.165) is 4.31 Å². The van der Waals surface area contributed by atoms with Crippen LogP contribution in [0.3, 0.4) is 0 Å². The molecule has 14 heavy (non-hydrogen) atoms. The molecule has 2 rings (SSSR count). The van der Waals surface area contributed by atoms with E-state index in [-0.39, 0.29) is 12.6 Å². The molecular weight excluding hydrogens is 208 g/mol. The Bertz CT molecular complexity index is 364. The van der Waals surface area contributed by atoms with E-state index in [9.17, 15) is 13.2 Å². The third-order valence-corrected chi connectivity index (χ3v) is 4.45. The summed E-state index contributed by atoms with van der Waals surface area (Å²) in [5, 5.41) is 0. The highest BCUT2D eigenvalue weighted by molar-refractivity contribution is 7.86. The summed E-state index contributed by atoms with van der Waals surface area (Å²) in [6, 6.07) is -0.604. The van der Waals surface area contributed by atoms with Crippen LogP contribution in [0.25, 0.3) is 0 Å². The first kappa shape index (κ1) is 9.88. The van der Waals surface area contributed by atoms with Crippen LogP contribution in [0.5, 0.6) is 0 Å². The number of carbonyl (C=O) groups excluding carboxylic acids is 1. The summed E-state index contributed by atoms with van der Waals surface area (Å²) in [6.07, 6.45) is 0.244. The van der Waals surface area contributed by atoms with E-state index in [1.165, 1.54) is 18.4 Å². The average Bonchev–Trinajstić information content (AvgIpc) is 2.61. The van der Waals surface area contributed by atoms with Gasteiger partial charge in [0.05, 0.1) is 6.54 Å². The van der Waals surface area contributed by atoms with Gasteiger partial charge in [-0.2, -0.15) is 17.0 Å². The Morgan fingerprint density at radius 2 is 2.14 bits per heavy atom. The predicted molar refractivity (Wildman–Crippen MR) is 47.6 cm³/mol. The highest BCUT2D eigenvalue weighted by Gasteiger charge is 2.51. The van der Waals surface area contributed by atoms with Crippen molar-refractivity contribution in [3.8, 4) is 0 Å². The molecule has 2 bridgehead atoms. The normalized spacial score (nSPS) is 32.6. The second-order valence-corrected chi connectivity index (χ2v) is 5.77. The van der Waals surface area contributed by atoms with Crippen LogP contribution in [-0.4, -0.2) is 55.8 Å². The summed E-state index contributed by atoms with van der Waals surface area (Å²) in [4.78, 5) is 11.2. The fourth-order valence-electron chi connectivity index (χ4n) is 1.78. The van der Waals surface area contributed by atoms with Gasteiger partial charge in [-0.05, 0) is 0 Å². The summed E-state index contributed by atoms with van der Waals surface area (Å²) >= 11 is 0. The maximum absolute atomic E-state index is 11.7. The lowest BCUT2D eigenvalue weighted by molar-refractivity contribution is -0.148. The van der Waals surface area contributed by atoms with Crippen LogP contribution >= 0.6 is 0 Å². The van der Waals surface area contributed by atoms with Crippen molar-refractivity contribution in [1.29, 1.82) is 0 Å². The van der Waals surface area contributed by atoms with Gasteiger partial charge in [0.25, 0.3) is 10.2 Å². The van der Waals surface area contributed by atoms with Crippen LogP contribution in [0, 0.1) is 0 Å². The summed E-state index contributed by atoms with van der Waals surface area (Å²) in [6.45, 7) is 0.289. The molecule has 2 fully saturated rings. The zero-order valence-corrected chi connectivity index (χ0v) is 8.82. The Hall–Kier alpha value is -0.660. The Kier molecular flexibility index (Phi) is 2.06. The Morgan fingerprint density at radius 3 is 2.57 bits per heavy atom. The standard InChI is InChI=1S/C7H12N2O4S/c1-8(2)14(11,12)9-4-5-3-6(9)7(10)13-5/h5-6H,3-4H2,1-2H3. The Balaban J connectivity index is 2.27. The van der Waals surface area contributed by atoms with Gasteiger partial charge >= 0.3 is 5.97 Å². The first-order valence-corrected chi connectivity index (χ1v) is 5.72. The molecule has 6 nitrogen and oxygen atoms in total. The highest BCUT2D eigenvalue weighted by Crippen LogP contribution is 2.31. The van der Waals surface area contributed by atoms with Crippen molar-refractivity contribution in [2.24, 2.45) is 0 Å². The van der Waals surface area contributed by atoms with Gasteiger partial charge in [-0.25, -0.2) is 0 Å². The molecule has 0 radical (unpaired) electrons. The molecular formula is C7H12N2O4S. The third-order valence-electron chi connectivity index (χ3n) is 2.53. The zero-order chi connectivity index (χ0) is 10.5. The van der Waals surface area contributed by atoms with E-state index in [0.29, 0.717) is 6.42 Å². The third kappa shape index (κ3) is 1.23. The maximum Gasteiger partial charge on any atom is 0.324 e. The zero-order valence-electron chi connectivity index (χ0n) is 8.00. The topological polar surface area (TPSA) is 66.9 Å². The number of hydrogen-bond donors (Lipinski definition) is 0. The minimum absolute atomic E-state index is 0.248. The van der Waals surface area contributed by atoms with Gasteiger partial charge in [0.2, 0.25) is 0 Å². The van der Waals surface area contributed by atoms with Gasteiger partial charge < -0.3 is 4.74 Å². The summed E-state index contributed by atoms with van der Waals surface area (Å²) in [5.74, 6) is -0.424. The van der Waals surface area contributed by atoms with Gasteiger partial charge in [-0.3, -0.25) is 4.79 Å². The molecule has 7 heteroatoms. The largest absolute Gasteiger partial charge is 0.460 e. The van der Waals surface area contributed by atoms with Gasteiger partial charge in [-0.1, -0.05) is 0 Å². The van der Waals surface area contributed by atoms with Crippen molar-refractivity contribution >= 4 is 16.2 Å². The molecule has 0 aromatic carbocycles. The van der Waals surface area contributed by atoms with Gasteiger partial charge in [0, 0.05) is 20.5 Å². The number of morpholine rings is 1. The first-order chi connectivity index (χ1) is 6.43. The number of hydrogen-bond acceptors (Lipinski definition) is 4. The molecule has 2 unspecified atom stereocenters. The van der Waals surface area contributed by atoms with Gasteiger partial charge in [0.1, 0.15) is 12.1 Å². The van der Waals surface area contributed by atoms with Crippen molar-refractivity contribution in [1.82, 2.24) is 8.61 Å². The molecule has 2 saturated heterocycles. The molecule has 2 atom stereocenters. The summed E-state index contributed by atoms with van der Waals surface area (Å²) in [5.41, 5.74) is 0. The van der Waals surface area contributed by atoms with Crippen LogP contribution in [0.1, 0.15) is 6.42 Å². The summed E-state index contributed by atoms with van der Waals surface area (Å²) < 4.78 is 30.6. The fourth-order valence-corrected chi connectivity index (χ4v) is 3.04. The lowest BCUT2D eigenvalue weighted by atomic mass is 10.2. The summed E-state index contributed by atoms with van der Waals surface area (Å²) in [7, 11) is -0.572. The lowest BCUT2D eigenvalue weighted by Crippen LogP contribution is -2.48. The molecule has 0 spiro atoms. The van der Waals surface area contributed by atoms with Gasteiger partial charge in [-0.15, -0.1) is 0 Å². The fraction of sp³-hybridized carbons (Fsp3) is 0.857. The minimum atomic E-state index is -3.47. The molecule has 0 saturated carbocycles. The second-order valence-electron chi connectivity index (χ2n) is 3.67. The van der Waals surface area contributed by atoms with Crippen LogP contribution in [0.2, 0.25) is 0 Å². The van der Waals surface area contributed by atoms with E-state index in [2.05, 4.69) is 0 Å². The SMILES string of the molecule is CN(C)S(=O)(=O)N1CC2CC1C(=O)O2. The lowest BCUT2D eigenvalue weighted by Gasteiger charge is -2.27. The first-order valence-electron chi connectivity index (χ1n) is 4.32. The average molecular weight is 220 g/mol. The number of nitrogens with zero attached hydrogens (tertiary/aromatic N) is 2. The number of rotatable bonds is 2. The quantitative estimate of drug-likeness (QED) is 0.548. The van der Waals surface area contributed by atoms with Crippen LogP contribution < -0.4 is 0 Å². The molecule has 0 aromatic heterocycles. The molecule has 0 amide bonds. The number of esters is 1.